The summed E-state index contributed by atoms with van der Waals surface area (Å²) >= 11 is 0. The lowest BCUT2D eigenvalue weighted by molar-refractivity contribution is -0.145. The summed E-state index contributed by atoms with van der Waals surface area (Å²) in [4.78, 5) is 25.2. The molecule has 1 aromatic rings. The summed E-state index contributed by atoms with van der Waals surface area (Å²) in [5.41, 5.74) is 0.533. The lowest BCUT2D eigenvalue weighted by Gasteiger charge is -2.26. The number of benzene rings is 1. The van der Waals surface area contributed by atoms with E-state index in [0.717, 1.165) is 0 Å². The molecule has 6 nitrogen and oxygen atoms in total. The number of carbonyl (C=O) groups excluding carboxylic acids is 2. The summed E-state index contributed by atoms with van der Waals surface area (Å²) in [6, 6.07) is 6.87. The molecule has 2 rings (SSSR count). The third kappa shape index (κ3) is 3.45. The SMILES string of the molecule is COc1cccc(NC(=O)C(=O)N2CCOCC2)c1. The largest absolute Gasteiger partial charge is 0.497 e. The van der Waals surface area contributed by atoms with Crippen molar-refractivity contribution in [1.82, 2.24) is 4.90 Å². The van der Waals surface area contributed by atoms with E-state index >= 15 is 0 Å². The van der Waals surface area contributed by atoms with Crippen LogP contribution in [-0.2, 0) is 14.3 Å². The predicted octanol–water partition coefficient (Wildman–Crippen LogP) is 0.492. The molecule has 1 aliphatic heterocycles. The predicted molar refractivity (Wildman–Crippen MR) is 69.0 cm³/mol. The third-order valence-electron chi connectivity index (χ3n) is 2.82. The maximum atomic E-state index is 11.9. The van der Waals surface area contributed by atoms with Crippen molar-refractivity contribution in [3.05, 3.63) is 24.3 Å². The minimum atomic E-state index is -0.643. The van der Waals surface area contributed by atoms with Crippen molar-refractivity contribution in [2.75, 3.05) is 38.7 Å². The molecule has 102 valence electrons. The number of morpholine rings is 1. The fourth-order valence-electron chi connectivity index (χ4n) is 1.80. The van der Waals surface area contributed by atoms with E-state index < -0.39 is 11.8 Å². The van der Waals surface area contributed by atoms with Gasteiger partial charge in [0, 0.05) is 24.8 Å². The Morgan fingerprint density at radius 1 is 1.32 bits per heavy atom. The maximum Gasteiger partial charge on any atom is 0.313 e. The molecule has 1 aliphatic rings. The van der Waals surface area contributed by atoms with Gasteiger partial charge < -0.3 is 19.7 Å². The molecule has 19 heavy (non-hydrogen) atoms. The van der Waals surface area contributed by atoms with Gasteiger partial charge in [0.2, 0.25) is 0 Å². The van der Waals surface area contributed by atoms with Crippen LogP contribution in [0, 0.1) is 0 Å². The number of rotatable bonds is 2. The van der Waals surface area contributed by atoms with Crippen LogP contribution in [0.5, 0.6) is 5.75 Å². The van der Waals surface area contributed by atoms with Gasteiger partial charge in [-0.1, -0.05) is 6.07 Å². The van der Waals surface area contributed by atoms with Crippen LogP contribution in [-0.4, -0.2) is 50.1 Å². The molecular weight excluding hydrogens is 248 g/mol. The average Bonchev–Trinajstić information content (AvgIpc) is 2.47. The van der Waals surface area contributed by atoms with Crippen molar-refractivity contribution in [3.63, 3.8) is 0 Å². The third-order valence-corrected chi connectivity index (χ3v) is 2.82. The average molecular weight is 264 g/mol. The van der Waals surface area contributed by atoms with Crippen LogP contribution in [0.3, 0.4) is 0 Å². The van der Waals surface area contributed by atoms with E-state index in [-0.39, 0.29) is 0 Å². The second-order valence-corrected chi connectivity index (χ2v) is 4.09. The summed E-state index contributed by atoms with van der Waals surface area (Å²) in [5.74, 6) is -0.558. The Kier molecular flexibility index (Phi) is 4.35. The van der Waals surface area contributed by atoms with Gasteiger partial charge in [0.25, 0.3) is 0 Å². The molecule has 0 saturated carbocycles. The fraction of sp³-hybridized carbons (Fsp3) is 0.385. The van der Waals surface area contributed by atoms with Crippen molar-refractivity contribution in [1.29, 1.82) is 0 Å². The van der Waals surface area contributed by atoms with Gasteiger partial charge in [-0.2, -0.15) is 0 Å². The molecule has 1 heterocycles. The summed E-state index contributed by atoms with van der Waals surface area (Å²) in [6.07, 6.45) is 0. The van der Waals surface area contributed by atoms with Gasteiger partial charge in [-0.15, -0.1) is 0 Å². The molecule has 0 spiro atoms. The number of nitrogens with one attached hydrogen (secondary N) is 1. The van der Waals surface area contributed by atoms with E-state index in [2.05, 4.69) is 5.32 Å². The maximum absolute atomic E-state index is 11.9. The van der Waals surface area contributed by atoms with Gasteiger partial charge in [-0.05, 0) is 12.1 Å². The van der Waals surface area contributed by atoms with Crippen molar-refractivity contribution in [2.24, 2.45) is 0 Å². The Labute approximate surface area is 111 Å². The van der Waals surface area contributed by atoms with E-state index in [1.165, 1.54) is 4.90 Å². The Hall–Kier alpha value is -2.08. The van der Waals surface area contributed by atoms with Crippen LogP contribution in [0.4, 0.5) is 5.69 Å². The highest BCUT2D eigenvalue weighted by Crippen LogP contribution is 2.16. The molecular formula is C13H16N2O4. The molecule has 1 saturated heterocycles. The summed E-state index contributed by atoms with van der Waals surface area (Å²) in [6.45, 7) is 1.84. The molecule has 1 N–H and O–H groups in total. The molecule has 0 radical (unpaired) electrons. The number of nitrogens with zero attached hydrogens (tertiary/aromatic N) is 1. The summed E-state index contributed by atoms with van der Waals surface area (Å²) in [7, 11) is 1.54. The molecule has 0 aliphatic carbocycles. The summed E-state index contributed by atoms with van der Waals surface area (Å²) in [5, 5.41) is 2.56. The molecule has 2 amide bonds. The minimum Gasteiger partial charge on any atom is -0.497 e. The van der Waals surface area contributed by atoms with E-state index in [4.69, 9.17) is 9.47 Å². The van der Waals surface area contributed by atoms with Crippen LogP contribution < -0.4 is 10.1 Å². The van der Waals surface area contributed by atoms with Gasteiger partial charge in [0.15, 0.2) is 0 Å². The number of hydrogen-bond donors (Lipinski definition) is 1. The van der Waals surface area contributed by atoms with E-state index in [0.29, 0.717) is 37.7 Å². The fourth-order valence-corrected chi connectivity index (χ4v) is 1.80. The minimum absolute atomic E-state index is 0.449. The number of carbonyl (C=O) groups is 2. The van der Waals surface area contributed by atoms with Crippen molar-refractivity contribution in [2.45, 2.75) is 0 Å². The molecule has 0 bridgehead atoms. The highest BCUT2D eigenvalue weighted by molar-refractivity contribution is 6.39. The molecule has 6 heteroatoms. The smallest absolute Gasteiger partial charge is 0.313 e. The van der Waals surface area contributed by atoms with Gasteiger partial charge in [0.1, 0.15) is 5.75 Å². The van der Waals surface area contributed by atoms with Crippen molar-refractivity contribution < 1.29 is 19.1 Å². The number of amides is 2. The quantitative estimate of drug-likeness (QED) is 0.789. The molecule has 0 unspecified atom stereocenters. The van der Waals surface area contributed by atoms with Crippen LogP contribution >= 0.6 is 0 Å². The van der Waals surface area contributed by atoms with Crippen LogP contribution in [0.25, 0.3) is 0 Å². The first-order valence-corrected chi connectivity index (χ1v) is 6.03. The second kappa shape index (κ2) is 6.19. The van der Waals surface area contributed by atoms with Gasteiger partial charge in [-0.25, -0.2) is 0 Å². The topological polar surface area (TPSA) is 67.9 Å². The van der Waals surface area contributed by atoms with E-state index in [1.54, 1.807) is 31.4 Å². The first-order valence-electron chi connectivity index (χ1n) is 6.03. The zero-order valence-electron chi connectivity index (χ0n) is 10.7. The van der Waals surface area contributed by atoms with Crippen LogP contribution in [0.2, 0.25) is 0 Å². The number of methoxy groups -OCH3 is 1. The molecule has 1 aromatic carbocycles. The molecule has 1 fully saturated rings. The standard InChI is InChI=1S/C13H16N2O4/c1-18-11-4-2-3-10(9-11)14-12(16)13(17)15-5-7-19-8-6-15/h2-4,9H,5-8H2,1H3,(H,14,16). The lowest BCUT2D eigenvalue weighted by atomic mass is 10.3. The molecule has 0 atom stereocenters. The van der Waals surface area contributed by atoms with E-state index in [1.807, 2.05) is 0 Å². The van der Waals surface area contributed by atoms with Crippen LogP contribution in [0.15, 0.2) is 24.3 Å². The Bertz CT molecular complexity index is 469. The number of ether oxygens (including phenoxy) is 2. The van der Waals surface area contributed by atoms with Gasteiger partial charge in [-0.3, -0.25) is 9.59 Å². The highest BCUT2D eigenvalue weighted by atomic mass is 16.5. The Morgan fingerprint density at radius 2 is 2.05 bits per heavy atom. The Balaban J connectivity index is 1.97. The van der Waals surface area contributed by atoms with Crippen LogP contribution in [0.1, 0.15) is 0 Å². The summed E-state index contributed by atoms with van der Waals surface area (Å²) < 4.78 is 10.2. The van der Waals surface area contributed by atoms with E-state index in [9.17, 15) is 9.59 Å². The zero-order chi connectivity index (χ0) is 13.7. The van der Waals surface area contributed by atoms with Gasteiger partial charge in [0.05, 0.1) is 20.3 Å². The molecule has 0 aromatic heterocycles. The monoisotopic (exact) mass is 264 g/mol. The van der Waals surface area contributed by atoms with Gasteiger partial charge >= 0.3 is 11.8 Å². The first-order chi connectivity index (χ1) is 9.20. The Morgan fingerprint density at radius 3 is 2.74 bits per heavy atom. The van der Waals surface area contributed by atoms with Crippen molar-refractivity contribution in [3.8, 4) is 5.75 Å². The normalized spacial score (nSPS) is 14.9. The highest BCUT2D eigenvalue weighted by Gasteiger charge is 2.23. The lowest BCUT2D eigenvalue weighted by Crippen LogP contribution is -2.45. The second-order valence-electron chi connectivity index (χ2n) is 4.09. The number of hydrogen-bond acceptors (Lipinski definition) is 4. The first kappa shape index (κ1) is 13.4. The zero-order valence-corrected chi connectivity index (χ0v) is 10.7. The number of anilines is 1. The van der Waals surface area contributed by atoms with Crippen molar-refractivity contribution >= 4 is 17.5 Å².